The largest absolute Gasteiger partial charge is 0.320 e. The number of hydrogen-bond acceptors (Lipinski definition) is 1. The monoisotopic (exact) mass is 392 g/mol. The van der Waals surface area contributed by atoms with Crippen LogP contribution in [0.25, 0.3) is 17.1 Å². The fourth-order valence-electron chi connectivity index (χ4n) is 3.33. The van der Waals surface area contributed by atoms with Crippen molar-refractivity contribution in [3.05, 3.63) is 63.4 Å². The molecule has 1 aliphatic rings. The Labute approximate surface area is 161 Å². The topological polar surface area (TPSA) is 21.7 Å². The number of halogens is 3. The Balaban J connectivity index is 2.02. The van der Waals surface area contributed by atoms with Crippen molar-refractivity contribution in [3.8, 4) is 17.1 Å². The maximum Gasteiger partial charge on any atom is 0.320 e. The summed E-state index contributed by atoms with van der Waals surface area (Å²) in [5, 5.41) is 1.56. The summed E-state index contributed by atoms with van der Waals surface area (Å²) >= 11 is 19.2. The highest BCUT2D eigenvalue weighted by molar-refractivity contribution is 6.40. The van der Waals surface area contributed by atoms with Gasteiger partial charge in [-0.15, -0.1) is 9.36 Å². The van der Waals surface area contributed by atoms with Crippen LogP contribution < -0.4 is 4.68 Å². The third-order valence-corrected chi connectivity index (χ3v) is 5.27. The van der Waals surface area contributed by atoms with Crippen molar-refractivity contribution in [1.29, 1.82) is 0 Å². The average Bonchev–Trinajstić information content (AvgIpc) is 2.78. The summed E-state index contributed by atoms with van der Waals surface area (Å²) < 4.78 is 4.26. The highest BCUT2D eigenvalue weighted by atomic mass is 35.5. The third-order valence-electron chi connectivity index (χ3n) is 4.47. The predicted octanol–water partition coefficient (Wildman–Crippen LogP) is 5.51. The van der Waals surface area contributed by atoms with Crippen LogP contribution in [0.15, 0.2) is 42.5 Å². The lowest BCUT2D eigenvalue weighted by Crippen LogP contribution is -2.45. The summed E-state index contributed by atoms with van der Waals surface area (Å²) in [5.41, 5.74) is 1.76. The second kappa shape index (κ2) is 6.99. The fourth-order valence-corrected chi connectivity index (χ4v) is 4.31. The summed E-state index contributed by atoms with van der Waals surface area (Å²) in [6.45, 7) is 0.893. The molecule has 0 fully saturated rings. The molecule has 4 rings (SSSR count). The van der Waals surface area contributed by atoms with Crippen LogP contribution in [0.2, 0.25) is 15.1 Å². The molecule has 3 nitrogen and oxygen atoms in total. The van der Waals surface area contributed by atoms with Gasteiger partial charge in [-0.3, -0.25) is 0 Å². The van der Waals surface area contributed by atoms with Crippen LogP contribution in [0.4, 0.5) is 0 Å². The normalized spacial score (nSPS) is 14.2. The molecule has 128 valence electrons. The highest BCUT2D eigenvalue weighted by Gasteiger charge is 2.31. The summed E-state index contributed by atoms with van der Waals surface area (Å²) in [6.07, 6.45) is 4.41. The van der Waals surface area contributed by atoms with Gasteiger partial charge < -0.3 is 0 Å². The van der Waals surface area contributed by atoms with Crippen LogP contribution >= 0.6 is 34.8 Å². The number of aryl methyl sites for hydroxylation is 1. The molecule has 0 bridgehead atoms. The van der Waals surface area contributed by atoms with Gasteiger partial charge in [0.25, 0.3) is 5.82 Å². The second-order valence-corrected chi connectivity index (χ2v) is 7.43. The molecule has 6 heteroatoms. The van der Waals surface area contributed by atoms with E-state index >= 15 is 0 Å². The number of hydrogen-bond donors (Lipinski definition) is 0. The number of aromatic nitrogens is 3. The van der Waals surface area contributed by atoms with Gasteiger partial charge in [-0.25, -0.2) is 0 Å². The van der Waals surface area contributed by atoms with E-state index in [-0.39, 0.29) is 0 Å². The number of fused-ring (bicyclic) bond motifs is 1. The van der Waals surface area contributed by atoms with E-state index in [1.807, 2.05) is 18.2 Å². The molecule has 0 unspecified atom stereocenters. The van der Waals surface area contributed by atoms with Crippen molar-refractivity contribution in [1.82, 2.24) is 9.67 Å². The summed E-state index contributed by atoms with van der Waals surface area (Å²) in [6, 6.07) is 13.6. The molecule has 0 saturated heterocycles. The average molecular weight is 394 g/mol. The molecule has 2 heterocycles. The molecule has 1 aromatic heterocycles. The second-order valence-electron chi connectivity index (χ2n) is 6.18. The van der Waals surface area contributed by atoms with Crippen LogP contribution in [0.3, 0.4) is 0 Å². The van der Waals surface area contributed by atoms with Crippen LogP contribution in [-0.2, 0) is 13.0 Å². The number of nitrogens with zero attached hydrogens (tertiary/aromatic N) is 3. The van der Waals surface area contributed by atoms with Crippen molar-refractivity contribution in [3.63, 3.8) is 0 Å². The standard InChI is InChI=1S/C19H17Cl3N3/c20-14-11-15(21)18(16(22)12-14)25-19(13-7-3-1-4-8-13)23-17-9-5-2-6-10-24(17)25/h1,3-4,7-8,11-12H,2,5-6,9-10H2/q+1. The van der Waals surface area contributed by atoms with E-state index in [9.17, 15) is 0 Å². The summed E-state index contributed by atoms with van der Waals surface area (Å²) in [4.78, 5) is 4.94. The van der Waals surface area contributed by atoms with Gasteiger partial charge in [0.2, 0.25) is 0 Å². The Bertz CT molecular complexity index is 896. The maximum atomic E-state index is 6.54. The van der Waals surface area contributed by atoms with E-state index in [0.29, 0.717) is 15.1 Å². The number of rotatable bonds is 2. The SMILES string of the molecule is Clc1cc(Cl)c(-n2c(-c3ccccc3)nc3[n+]2CCCCC3)c(Cl)c1. The Hall–Kier alpha value is -1.55. The van der Waals surface area contributed by atoms with Gasteiger partial charge in [-0.05, 0) is 48.5 Å². The van der Waals surface area contributed by atoms with Crippen LogP contribution in [0.5, 0.6) is 0 Å². The lowest BCUT2D eigenvalue weighted by molar-refractivity contribution is -0.772. The zero-order valence-electron chi connectivity index (χ0n) is 13.6. The zero-order chi connectivity index (χ0) is 17.4. The van der Waals surface area contributed by atoms with E-state index in [0.717, 1.165) is 48.7 Å². The van der Waals surface area contributed by atoms with Gasteiger partial charge in [0.05, 0.1) is 16.5 Å². The minimum absolute atomic E-state index is 0.520. The zero-order valence-corrected chi connectivity index (χ0v) is 15.8. The van der Waals surface area contributed by atoms with Crippen LogP contribution in [0.1, 0.15) is 25.1 Å². The molecule has 0 aliphatic carbocycles. The molecular weight excluding hydrogens is 377 g/mol. The van der Waals surface area contributed by atoms with Gasteiger partial charge in [0.1, 0.15) is 12.2 Å². The van der Waals surface area contributed by atoms with Gasteiger partial charge >= 0.3 is 5.82 Å². The Morgan fingerprint density at radius 2 is 1.64 bits per heavy atom. The molecule has 0 spiro atoms. The van der Waals surface area contributed by atoms with Crippen LogP contribution in [-0.4, -0.2) is 9.67 Å². The van der Waals surface area contributed by atoms with E-state index < -0.39 is 0 Å². The van der Waals surface area contributed by atoms with Crippen molar-refractivity contribution in [2.75, 3.05) is 0 Å². The quantitative estimate of drug-likeness (QED) is 0.526. The molecule has 1 aliphatic heterocycles. The van der Waals surface area contributed by atoms with Crippen LogP contribution in [0, 0.1) is 0 Å². The molecule has 25 heavy (non-hydrogen) atoms. The summed E-state index contributed by atoms with van der Waals surface area (Å²) in [5.74, 6) is 1.92. The molecule has 3 aromatic rings. The molecule has 2 aromatic carbocycles. The lowest BCUT2D eigenvalue weighted by atomic mass is 10.2. The first-order valence-electron chi connectivity index (χ1n) is 8.37. The van der Waals surface area contributed by atoms with Crippen molar-refractivity contribution >= 4 is 34.8 Å². The van der Waals surface area contributed by atoms with Gasteiger partial charge in [-0.1, -0.05) is 53.0 Å². The Morgan fingerprint density at radius 3 is 2.36 bits per heavy atom. The minimum atomic E-state index is 0.520. The lowest BCUT2D eigenvalue weighted by Gasteiger charge is -2.11. The minimum Gasteiger partial charge on any atom is -0.148 e. The molecule has 0 atom stereocenters. The van der Waals surface area contributed by atoms with E-state index in [1.54, 1.807) is 12.1 Å². The Morgan fingerprint density at radius 1 is 0.920 bits per heavy atom. The Kier molecular flexibility index (Phi) is 4.72. The molecule has 0 amide bonds. The van der Waals surface area contributed by atoms with E-state index in [2.05, 4.69) is 21.5 Å². The molecule has 0 radical (unpaired) electrons. The maximum absolute atomic E-state index is 6.54. The first-order valence-corrected chi connectivity index (χ1v) is 9.50. The molecule has 0 N–H and O–H groups in total. The first-order chi connectivity index (χ1) is 12.1. The van der Waals surface area contributed by atoms with Crippen molar-refractivity contribution < 1.29 is 4.68 Å². The highest BCUT2D eigenvalue weighted by Crippen LogP contribution is 2.34. The fraction of sp³-hybridized carbons (Fsp3) is 0.263. The smallest absolute Gasteiger partial charge is 0.148 e. The first kappa shape index (κ1) is 16.9. The molecule has 0 saturated carbocycles. The predicted molar refractivity (Wildman–Crippen MR) is 102 cm³/mol. The number of benzene rings is 2. The van der Waals surface area contributed by atoms with E-state index in [1.165, 1.54) is 6.42 Å². The van der Waals surface area contributed by atoms with Crippen molar-refractivity contribution in [2.24, 2.45) is 0 Å². The third kappa shape index (κ3) is 3.17. The molecular formula is C19H17Cl3N3+. The van der Waals surface area contributed by atoms with E-state index in [4.69, 9.17) is 39.8 Å². The van der Waals surface area contributed by atoms with Gasteiger partial charge in [0, 0.05) is 10.6 Å². The van der Waals surface area contributed by atoms with Gasteiger partial charge in [-0.2, -0.15) is 0 Å². The van der Waals surface area contributed by atoms with Gasteiger partial charge in [0.15, 0.2) is 0 Å². The van der Waals surface area contributed by atoms with Crippen molar-refractivity contribution in [2.45, 2.75) is 32.2 Å². The summed E-state index contributed by atoms with van der Waals surface area (Å²) in [7, 11) is 0.